The molecule has 3 rings (SSSR count). The Morgan fingerprint density at radius 1 is 1.34 bits per heavy atom. The van der Waals surface area contributed by atoms with Gasteiger partial charge in [0.05, 0.1) is 6.04 Å². The Bertz CT molecular complexity index is 721. The van der Waals surface area contributed by atoms with E-state index in [1.54, 1.807) is 18.5 Å². The van der Waals surface area contributed by atoms with Crippen LogP contribution in [0.25, 0.3) is 0 Å². The quantitative estimate of drug-likeness (QED) is 0.598. The van der Waals surface area contributed by atoms with E-state index in [1.165, 1.54) is 6.42 Å². The molecule has 0 aromatic heterocycles. The van der Waals surface area contributed by atoms with Gasteiger partial charge in [0.15, 0.2) is 5.60 Å². The van der Waals surface area contributed by atoms with Gasteiger partial charge in [0, 0.05) is 25.3 Å². The number of carbonyl (C=O) groups is 1. The molecule has 0 N–H and O–H groups in total. The first-order valence-corrected chi connectivity index (χ1v) is 10.5. The first-order chi connectivity index (χ1) is 14.0. The SMILES string of the molecule is C=CC=N/C=C(\C)C(CC)N1COC2(CC(Oc3ccccc3)C2)C1=O.CCC. The number of rotatable bonds is 7. The van der Waals surface area contributed by atoms with Crippen LogP contribution in [0.15, 0.2) is 59.8 Å². The van der Waals surface area contributed by atoms with Crippen LogP contribution in [0.1, 0.15) is 53.4 Å². The van der Waals surface area contributed by atoms with Gasteiger partial charge in [0.2, 0.25) is 0 Å². The van der Waals surface area contributed by atoms with E-state index in [0.29, 0.717) is 19.6 Å². The van der Waals surface area contributed by atoms with Crippen molar-refractivity contribution in [2.75, 3.05) is 6.73 Å². The third-order valence-electron chi connectivity index (χ3n) is 5.05. The van der Waals surface area contributed by atoms with Gasteiger partial charge >= 0.3 is 0 Å². The Morgan fingerprint density at radius 3 is 2.59 bits per heavy atom. The largest absolute Gasteiger partial charge is 0.490 e. The molecule has 2 fully saturated rings. The highest BCUT2D eigenvalue weighted by Crippen LogP contribution is 2.44. The molecule has 1 aromatic rings. The lowest BCUT2D eigenvalue weighted by Crippen LogP contribution is -2.56. The highest BCUT2D eigenvalue weighted by atomic mass is 16.6. The molecule has 1 unspecified atom stereocenters. The average Bonchev–Trinajstić information content (AvgIpc) is 3.01. The molecule has 29 heavy (non-hydrogen) atoms. The van der Waals surface area contributed by atoms with Gasteiger partial charge in [-0.25, -0.2) is 0 Å². The van der Waals surface area contributed by atoms with Gasteiger partial charge in [-0.3, -0.25) is 9.79 Å². The molecule has 0 bridgehead atoms. The number of para-hydroxylation sites is 1. The number of amides is 1. The summed E-state index contributed by atoms with van der Waals surface area (Å²) in [7, 11) is 0. The van der Waals surface area contributed by atoms with Crippen molar-refractivity contribution in [1.29, 1.82) is 0 Å². The van der Waals surface area contributed by atoms with Crippen molar-refractivity contribution in [3.8, 4) is 5.75 Å². The maximum Gasteiger partial charge on any atom is 0.257 e. The van der Waals surface area contributed by atoms with Gasteiger partial charge in [0.1, 0.15) is 18.6 Å². The summed E-state index contributed by atoms with van der Waals surface area (Å²) >= 11 is 0. The number of aliphatic imine (C=N–C) groups is 1. The highest BCUT2D eigenvalue weighted by molar-refractivity contribution is 5.88. The molecule has 1 aliphatic carbocycles. The standard InChI is InChI=1S/C21H26N2O3.C3H8/c1-4-11-22-14-16(3)19(5-2)23-15-25-21(20(23)24)12-18(13-21)26-17-9-7-6-8-10-17;1-3-2/h4,6-11,14,18-19H,1,5,12-13,15H2,2-3H3;3H2,1-2H3/b16-14+,22-11?;. The fourth-order valence-corrected chi connectivity index (χ4v) is 3.65. The van der Waals surface area contributed by atoms with Crippen LogP contribution in [0.5, 0.6) is 5.75 Å². The van der Waals surface area contributed by atoms with Gasteiger partial charge in [-0.2, -0.15) is 0 Å². The average molecular weight is 399 g/mol. The lowest BCUT2D eigenvalue weighted by atomic mass is 9.76. The molecule has 158 valence electrons. The van der Waals surface area contributed by atoms with Crippen molar-refractivity contribution >= 4 is 12.1 Å². The smallest absolute Gasteiger partial charge is 0.257 e. The number of hydrogen-bond acceptors (Lipinski definition) is 4. The van der Waals surface area contributed by atoms with Crippen molar-refractivity contribution in [3.63, 3.8) is 0 Å². The van der Waals surface area contributed by atoms with E-state index in [1.807, 2.05) is 42.2 Å². The van der Waals surface area contributed by atoms with E-state index >= 15 is 0 Å². The monoisotopic (exact) mass is 398 g/mol. The number of nitrogens with zero attached hydrogens (tertiary/aromatic N) is 2. The molecule has 0 radical (unpaired) electrons. The zero-order valence-electron chi connectivity index (χ0n) is 18.1. The summed E-state index contributed by atoms with van der Waals surface area (Å²) in [6, 6.07) is 9.70. The third-order valence-corrected chi connectivity index (χ3v) is 5.05. The van der Waals surface area contributed by atoms with E-state index in [9.17, 15) is 4.79 Å². The van der Waals surface area contributed by atoms with Crippen LogP contribution in [0.2, 0.25) is 0 Å². The Balaban J connectivity index is 0.000000941. The molecule has 5 nitrogen and oxygen atoms in total. The number of hydrogen-bond donors (Lipinski definition) is 0. The fourth-order valence-electron chi connectivity index (χ4n) is 3.65. The summed E-state index contributed by atoms with van der Waals surface area (Å²) in [6.45, 7) is 12.3. The maximum absolute atomic E-state index is 13.0. The minimum absolute atomic E-state index is 0.00191. The van der Waals surface area contributed by atoms with Crippen LogP contribution in [0, 0.1) is 0 Å². The van der Waals surface area contributed by atoms with E-state index in [0.717, 1.165) is 17.7 Å². The molecular weight excluding hydrogens is 364 g/mol. The van der Waals surface area contributed by atoms with E-state index in [2.05, 4.69) is 32.3 Å². The van der Waals surface area contributed by atoms with E-state index in [4.69, 9.17) is 9.47 Å². The Labute approximate surface area is 175 Å². The second kappa shape index (κ2) is 11.0. The minimum atomic E-state index is -0.711. The van der Waals surface area contributed by atoms with Gasteiger partial charge < -0.3 is 14.4 Å². The normalized spacial score (nSPS) is 24.8. The maximum atomic E-state index is 13.0. The van der Waals surface area contributed by atoms with Crippen LogP contribution >= 0.6 is 0 Å². The number of ether oxygens (including phenoxy) is 2. The summed E-state index contributed by atoms with van der Waals surface area (Å²) < 4.78 is 11.9. The molecule has 1 aliphatic heterocycles. The van der Waals surface area contributed by atoms with E-state index < -0.39 is 5.60 Å². The Kier molecular flexibility index (Phi) is 8.65. The molecule has 2 aliphatic rings. The second-order valence-corrected chi connectivity index (χ2v) is 7.54. The molecule has 1 saturated carbocycles. The van der Waals surface area contributed by atoms with Crippen LogP contribution in [-0.2, 0) is 9.53 Å². The molecule has 1 amide bonds. The van der Waals surface area contributed by atoms with Crippen molar-refractivity contribution in [1.82, 2.24) is 4.90 Å². The van der Waals surface area contributed by atoms with E-state index in [-0.39, 0.29) is 18.1 Å². The van der Waals surface area contributed by atoms with Gasteiger partial charge in [-0.05, 0) is 31.1 Å². The predicted octanol–water partition coefficient (Wildman–Crippen LogP) is 5.14. The van der Waals surface area contributed by atoms with Crippen molar-refractivity contribution < 1.29 is 14.3 Å². The highest BCUT2D eigenvalue weighted by Gasteiger charge is 2.59. The topological polar surface area (TPSA) is 51.1 Å². The zero-order valence-corrected chi connectivity index (χ0v) is 18.1. The fraction of sp³-hybridized carbons (Fsp3) is 0.500. The zero-order chi connectivity index (χ0) is 21.3. The van der Waals surface area contributed by atoms with Crippen LogP contribution in [-0.4, -0.2) is 41.5 Å². The summed E-state index contributed by atoms with van der Waals surface area (Å²) in [5.41, 5.74) is 0.327. The first-order valence-electron chi connectivity index (χ1n) is 10.5. The van der Waals surface area contributed by atoms with Crippen molar-refractivity contribution in [3.05, 3.63) is 54.8 Å². The summed E-state index contributed by atoms with van der Waals surface area (Å²) in [5, 5.41) is 0. The molecule has 1 spiro atoms. The molecule has 1 atom stereocenters. The summed E-state index contributed by atoms with van der Waals surface area (Å²) in [5.74, 6) is 0.901. The number of allylic oxidation sites excluding steroid dienone is 1. The predicted molar refractivity (Wildman–Crippen MR) is 118 cm³/mol. The number of benzene rings is 1. The van der Waals surface area contributed by atoms with Crippen molar-refractivity contribution in [2.45, 2.75) is 71.1 Å². The van der Waals surface area contributed by atoms with Crippen LogP contribution in [0.4, 0.5) is 0 Å². The van der Waals surface area contributed by atoms with Gasteiger partial charge in [-0.15, -0.1) is 0 Å². The third kappa shape index (κ3) is 5.57. The van der Waals surface area contributed by atoms with Crippen LogP contribution in [0.3, 0.4) is 0 Å². The lowest BCUT2D eigenvalue weighted by molar-refractivity contribution is -0.155. The van der Waals surface area contributed by atoms with Crippen molar-refractivity contribution in [2.24, 2.45) is 4.99 Å². The minimum Gasteiger partial charge on any atom is -0.490 e. The molecular formula is C24H34N2O3. The first kappa shape index (κ1) is 22.9. The summed E-state index contributed by atoms with van der Waals surface area (Å²) in [4.78, 5) is 19.0. The second-order valence-electron chi connectivity index (χ2n) is 7.54. The van der Waals surface area contributed by atoms with Gasteiger partial charge in [0.25, 0.3) is 5.91 Å². The number of carbonyl (C=O) groups excluding carboxylic acids is 1. The summed E-state index contributed by atoms with van der Waals surface area (Å²) in [6.07, 6.45) is 8.35. The molecule has 1 heterocycles. The van der Waals surface area contributed by atoms with Crippen LogP contribution < -0.4 is 4.74 Å². The molecule has 5 heteroatoms. The Morgan fingerprint density at radius 2 is 2.00 bits per heavy atom. The molecule has 1 saturated heterocycles. The lowest BCUT2D eigenvalue weighted by Gasteiger charge is -2.41. The molecule has 1 aromatic carbocycles. The Hall–Kier alpha value is -2.40. The van der Waals surface area contributed by atoms with Gasteiger partial charge in [-0.1, -0.05) is 58.0 Å².